The van der Waals surface area contributed by atoms with E-state index in [1.807, 2.05) is 38.1 Å². The summed E-state index contributed by atoms with van der Waals surface area (Å²) in [5, 5.41) is -0.344. The van der Waals surface area contributed by atoms with Crippen LogP contribution in [-0.2, 0) is 14.3 Å². The summed E-state index contributed by atoms with van der Waals surface area (Å²) in [4.78, 5) is 38.2. The normalized spacial score (nSPS) is 14.4. The van der Waals surface area contributed by atoms with Gasteiger partial charge in [0.1, 0.15) is 12.4 Å². The maximum absolute atomic E-state index is 12.8. The van der Waals surface area contributed by atoms with Crippen molar-refractivity contribution in [1.82, 2.24) is 4.90 Å². The lowest BCUT2D eigenvalue weighted by Gasteiger charge is -2.13. The predicted molar refractivity (Wildman–Crippen MR) is 129 cm³/mol. The summed E-state index contributed by atoms with van der Waals surface area (Å²) in [6.45, 7) is 6.30. The molecule has 0 saturated carbocycles. The summed E-state index contributed by atoms with van der Waals surface area (Å²) in [7, 11) is 0. The third kappa shape index (κ3) is 6.77. The largest absolute Gasteiger partial charge is 0.492 e. The number of carbonyl (C=O) groups excluding carboxylic acids is 3. The highest BCUT2D eigenvalue weighted by Crippen LogP contribution is 2.34. The molecule has 8 nitrogen and oxygen atoms in total. The Morgan fingerprint density at radius 1 is 0.971 bits per heavy atom. The third-order valence-electron chi connectivity index (χ3n) is 4.69. The summed E-state index contributed by atoms with van der Waals surface area (Å²) in [5.41, 5.74) is 1.78. The van der Waals surface area contributed by atoms with Gasteiger partial charge in [0.2, 0.25) is 0 Å². The average Bonchev–Trinajstić information content (AvgIpc) is 3.07. The van der Waals surface area contributed by atoms with Crippen LogP contribution in [0.2, 0.25) is 0 Å². The van der Waals surface area contributed by atoms with Gasteiger partial charge in [0, 0.05) is 0 Å². The number of rotatable bonds is 11. The molecule has 2 aromatic carbocycles. The number of benzene rings is 2. The van der Waals surface area contributed by atoms with E-state index in [0.29, 0.717) is 34.3 Å². The fourth-order valence-electron chi connectivity index (χ4n) is 3.07. The molecule has 2 aromatic rings. The van der Waals surface area contributed by atoms with Crippen LogP contribution in [0.3, 0.4) is 0 Å². The Bertz CT molecular complexity index is 1070. The van der Waals surface area contributed by atoms with Gasteiger partial charge in [-0.3, -0.25) is 14.5 Å². The van der Waals surface area contributed by atoms with Crippen LogP contribution in [0, 0.1) is 6.92 Å². The number of aryl methyl sites for hydroxylation is 1. The van der Waals surface area contributed by atoms with Crippen LogP contribution < -0.4 is 14.2 Å². The Morgan fingerprint density at radius 2 is 1.74 bits per heavy atom. The Kier molecular flexibility index (Phi) is 8.98. The second-order valence-electron chi connectivity index (χ2n) is 7.23. The molecule has 1 aliphatic heterocycles. The molecule has 0 spiro atoms. The van der Waals surface area contributed by atoms with Crippen LogP contribution in [0.5, 0.6) is 17.2 Å². The fourth-order valence-corrected chi connectivity index (χ4v) is 3.94. The topological polar surface area (TPSA) is 91.4 Å². The minimum atomic E-state index is -0.478. The van der Waals surface area contributed by atoms with Gasteiger partial charge in [-0.05, 0) is 68.4 Å². The number of hydrogen-bond donors (Lipinski definition) is 0. The van der Waals surface area contributed by atoms with E-state index < -0.39 is 5.97 Å². The molecule has 0 atom stereocenters. The average molecular weight is 486 g/mol. The molecule has 0 N–H and O–H groups in total. The van der Waals surface area contributed by atoms with E-state index in [9.17, 15) is 14.4 Å². The molecule has 0 unspecified atom stereocenters. The number of esters is 1. The monoisotopic (exact) mass is 485 g/mol. The van der Waals surface area contributed by atoms with Crippen molar-refractivity contribution in [3.63, 3.8) is 0 Å². The van der Waals surface area contributed by atoms with E-state index in [-0.39, 0.29) is 37.5 Å². The van der Waals surface area contributed by atoms with Crippen molar-refractivity contribution in [2.24, 2.45) is 0 Å². The molecule has 3 rings (SSSR count). The molecule has 9 heteroatoms. The molecule has 0 aliphatic carbocycles. The van der Waals surface area contributed by atoms with Gasteiger partial charge in [-0.1, -0.05) is 23.8 Å². The van der Waals surface area contributed by atoms with Gasteiger partial charge < -0.3 is 18.9 Å². The van der Waals surface area contributed by atoms with Crippen molar-refractivity contribution in [2.45, 2.75) is 20.8 Å². The highest BCUT2D eigenvalue weighted by molar-refractivity contribution is 8.18. The first-order chi connectivity index (χ1) is 16.4. The molecule has 0 radical (unpaired) electrons. The SMILES string of the molecule is CCOC(=O)COc1ccc(/C=C2\SC(=O)N(CCOc3ccc(C)cc3)C2=O)cc1OCC. The molecule has 180 valence electrons. The molecule has 1 saturated heterocycles. The number of nitrogens with zero attached hydrogens (tertiary/aromatic N) is 1. The Hall–Kier alpha value is -3.46. The third-order valence-corrected chi connectivity index (χ3v) is 5.60. The molecule has 0 aromatic heterocycles. The lowest BCUT2D eigenvalue weighted by atomic mass is 10.2. The van der Waals surface area contributed by atoms with Crippen LogP contribution in [0.15, 0.2) is 47.4 Å². The Morgan fingerprint density at radius 3 is 2.44 bits per heavy atom. The van der Waals surface area contributed by atoms with Gasteiger partial charge in [0.05, 0.1) is 24.7 Å². The lowest BCUT2D eigenvalue weighted by Crippen LogP contribution is -2.32. The molecular formula is C25H27NO7S. The van der Waals surface area contributed by atoms with Gasteiger partial charge in [-0.2, -0.15) is 0 Å². The zero-order chi connectivity index (χ0) is 24.5. The summed E-state index contributed by atoms with van der Waals surface area (Å²) < 4.78 is 21.6. The highest BCUT2D eigenvalue weighted by atomic mass is 32.2. The van der Waals surface area contributed by atoms with Crippen molar-refractivity contribution < 1.29 is 33.3 Å². The molecular weight excluding hydrogens is 458 g/mol. The molecule has 1 aliphatic rings. The number of ether oxygens (including phenoxy) is 4. The molecule has 34 heavy (non-hydrogen) atoms. The first-order valence-corrected chi connectivity index (χ1v) is 11.7. The summed E-state index contributed by atoms with van der Waals surface area (Å²) >= 11 is 0.878. The van der Waals surface area contributed by atoms with E-state index in [2.05, 4.69) is 0 Å². The summed E-state index contributed by atoms with van der Waals surface area (Å²) in [6.07, 6.45) is 1.63. The molecule has 1 fully saturated rings. The van der Waals surface area contributed by atoms with Gasteiger partial charge in [0.25, 0.3) is 11.1 Å². The highest BCUT2D eigenvalue weighted by Gasteiger charge is 2.34. The zero-order valence-electron chi connectivity index (χ0n) is 19.4. The number of thioether (sulfide) groups is 1. The van der Waals surface area contributed by atoms with Crippen LogP contribution in [0.1, 0.15) is 25.0 Å². The fraction of sp³-hybridized carbons (Fsp3) is 0.320. The second-order valence-corrected chi connectivity index (χ2v) is 8.22. The first kappa shape index (κ1) is 25.2. The van der Waals surface area contributed by atoms with E-state index in [4.69, 9.17) is 18.9 Å². The summed E-state index contributed by atoms with van der Waals surface area (Å²) in [5.74, 6) is 0.638. The minimum absolute atomic E-state index is 0.153. The van der Waals surface area contributed by atoms with Crippen LogP contribution in [0.4, 0.5) is 4.79 Å². The standard InChI is InChI=1S/C25H27NO7S/c1-4-30-21-14-18(8-11-20(21)33-16-23(27)31-5-2)15-22-24(28)26(25(29)34-22)12-13-32-19-9-6-17(3)7-10-19/h6-11,14-15H,4-5,12-13,16H2,1-3H3/b22-15-. The van der Waals surface area contributed by atoms with Gasteiger partial charge in [-0.25, -0.2) is 4.79 Å². The Balaban J connectivity index is 1.65. The van der Waals surface area contributed by atoms with Crippen LogP contribution in [0.25, 0.3) is 6.08 Å². The first-order valence-electron chi connectivity index (χ1n) is 10.9. The van der Waals surface area contributed by atoms with Crippen molar-refractivity contribution >= 4 is 35.0 Å². The molecule has 2 amide bonds. The van der Waals surface area contributed by atoms with E-state index in [1.54, 1.807) is 31.2 Å². The van der Waals surface area contributed by atoms with Gasteiger partial charge in [-0.15, -0.1) is 0 Å². The number of imide groups is 1. The number of amides is 2. The maximum atomic E-state index is 12.8. The maximum Gasteiger partial charge on any atom is 0.344 e. The number of hydrogen-bond acceptors (Lipinski definition) is 8. The van der Waals surface area contributed by atoms with E-state index in [0.717, 1.165) is 17.3 Å². The second kappa shape index (κ2) is 12.1. The van der Waals surface area contributed by atoms with Crippen molar-refractivity contribution in [3.8, 4) is 17.2 Å². The minimum Gasteiger partial charge on any atom is -0.492 e. The van der Waals surface area contributed by atoms with Crippen molar-refractivity contribution in [3.05, 3.63) is 58.5 Å². The van der Waals surface area contributed by atoms with Gasteiger partial charge >= 0.3 is 5.97 Å². The quantitative estimate of drug-likeness (QED) is 0.341. The number of carbonyl (C=O) groups is 3. The van der Waals surface area contributed by atoms with Crippen molar-refractivity contribution in [1.29, 1.82) is 0 Å². The summed E-state index contributed by atoms with van der Waals surface area (Å²) in [6, 6.07) is 12.6. The van der Waals surface area contributed by atoms with E-state index in [1.165, 1.54) is 4.90 Å². The molecule has 0 bridgehead atoms. The van der Waals surface area contributed by atoms with Crippen LogP contribution in [-0.4, -0.2) is 55.0 Å². The predicted octanol–water partition coefficient (Wildman–Crippen LogP) is 4.45. The lowest BCUT2D eigenvalue weighted by molar-refractivity contribution is -0.145. The molecule has 1 heterocycles. The Labute approximate surface area is 202 Å². The van der Waals surface area contributed by atoms with E-state index >= 15 is 0 Å². The van der Waals surface area contributed by atoms with Crippen LogP contribution >= 0.6 is 11.8 Å². The smallest absolute Gasteiger partial charge is 0.344 e. The zero-order valence-corrected chi connectivity index (χ0v) is 20.2. The van der Waals surface area contributed by atoms with Gasteiger partial charge in [0.15, 0.2) is 18.1 Å². The van der Waals surface area contributed by atoms with Crippen molar-refractivity contribution in [2.75, 3.05) is 33.0 Å².